The molecule has 0 heterocycles. The third-order valence-corrected chi connectivity index (χ3v) is 6.52. The van der Waals surface area contributed by atoms with Crippen molar-refractivity contribution in [3.63, 3.8) is 0 Å². The number of rotatable bonds is 4. The zero-order valence-corrected chi connectivity index (χ0v) is 8.13. The fourth-order valence-electron chi connectivity index (χ4n) is 0.898. The van der Waals surface area contributed by atoms with Crippen LogP contribution < -0.4 is 0 Å². The topological polar surface area (TPSA) is 51.2 Å². The summed E-state index contributed by atoms with van der Waals surface area (Å²) in [6.45, 7) is 0. The molecule has 1 aliphatic carbocycles. The summed E-state index contributed by atoms with van der Waals surface area (Å²) in [5, 5.41) is 0. The molecule has 1 aliphatic rings. The quantitative estimate of drug-likeness (QED) is 0.685. The van der Waals surface area contributed by atoms with Crippen LogP contribution in [-0.2, 0) is 29.7 Å². The van der Waals surface area contributed by atoms with Crippen LogP contribution in [0.25, 0.3) is 0 Å². The standard InChI is InChI=1S/C5H5.3CHO.Tc/c1-2-4-5-3-1;3*1-2;/h1-3H,4H2;3*1H;. The Morgan fingerprint density at radius 2 is 1.75 bits per heavy atom. The second kappa shape index (κ2) is 3.70. The Hall–Kier alpha value is -0.861. The maximum atomic E-state index is 10.6. The summed E-state index contributed by atoms with van der Waals surface area (Å²) in [5.74, 6) is 0. The molecule has 65 valence electrons. The van der Waals surface area contributed by atoms with Gasteiger partial charge < -0.3 is 0 Å². The van der Waals surface area contributed by atoms with E-state index in [-0.39, 0.29) is 0 Å². The molecule has 0 aromatic rings. The van der Waals surface area contributed by atoms with Gasteiger partial charge in [0.15, 0.2) is 0 Å². The number of carbonyl (C=O) groups excluding carboxylic acids is 3. The molecule has 0 radical (unpaired) electrons. The van der Waals surface area contributed by atoms with Crippen molar-refractivity contribution in [2.75, 3.05) is 0 Å². The first-order valence-electron chi connectivity index (χ1n) is 3.27. The van der Waals surface area contributed by atoms with Crippen LogP contribution in [0.5, 0.6) is 0 Å². The number of hydrogen-bond acceptors (Lipinski definition) is 3. The predicted molar refractivity (Wildman–Crippen MR) is 42.1 cm³/mol. The summed E-state index contributed by atoms with van der Waals surface area (Å²) < 4.78 is 0.724. The molecule has 12 heavy (non-hydrogen) atoms. The van der Waals surface area contributed by atoms with E-state index < -0.39 is 15.3 Å². The molecule has 0 aromatic carbocycles. The molecule has 0 fully saturated rings. The van der Waals surface area contributed by atoms with Crippen molar-refractivity contribution in [3.8, 4) is 0 Å². The fourth-order valence-corrected chi connectivity index (χ4v) is 3.64. The van der Waals surface area contributed by atoms with Gasteiger partial charge in [0.05, 0.1) is 0 Å². The summed E-state index contributed by atoms with van der Waals surface area (Å²) in [6, 6.07) is 0. The van der Waals surface area contributed by atoms with Crippen LogP contribution in [0, 0.1) is 0 Å². The van der Waals surface area contributed by atoms with Gasteiger partial charge >= 0.3 is 72.8 Å². The summed E-state index contributed by atoms with van der Waals surface area (Å²) >= 11 is -3.47. The zero-order valence-electron chi connectivity index (χ0n) is 6.27. The van der Waals surface area contributed by atoms with E-state index in [2.05, 4.69) is 0 Å². The van der Waals surface area contributed by atoms with E-state index >= 15 is 0 Å². The third-order valence-electron chi connectivity index (χ3n) is 1.59. The van der Waals surface area contributed by atoms with Crippen molar-refractivity contribution in [3.05, 3.63) is 22.3 Å². The molecule has 0 aliphatic heterocycles. The molecular weight excluding hydrogens is 242 g/mol. The van der Waals surface area contributed by atoms with Crippen LogP contribution in [0.15, 0.2) is 22.3 Å². The molecule has 4 heteroatoms. The van der Waals surface area contributed by atoms with E-state index in [1.54, 1.807) is 12.2 Å². The molecule has 1 rings (SSSR count). The second-order valence-corrected chi connectivity index (χ2v) is 8.19. The molecule has 0 N–H and O–H groups in total. The fraction of sp³-hybridized carbons (Fsp3) is 0.125. The molecule has 0 unspecified atom stereocenters. The Morgan fingerprint density at radius 3 is 2.08 bits per heavy atom. The van der Waals surface area contributed by atoms with Gasteiger partial charge in [0.1, 0.15) is 0 Å². The van der Waals surface area contributed by atoms with Crippen LogP contribution >= 0.6 is 0 Å². The normalized spacial score (nSPS) is 16.8. The van der Waals surface area contributed by atoms with Crippen molar-refractivity contribution < 1.29 is 29.7 Å². The Morgan fingerprint density at radius 1 is 1.17 bits per heavy atom. The van der Waals surface area contributed by atoms with Gasteiger partial charge in [-0.3, -0.25) is 0 Å². The van der Waals surface area contributed by atoms with Crippen LogP contribution in [0.4, 0.5) is 0 Å². The van der Waals surface area contributed by atoms with Crippen molar-refractivity contribution in [1.29, 1.82) is 0 Å². The monoisotopic (exact) mass is 249 g/mol. The Balaban J connectivity index is 3.00. The summed E-state index contributed by atoms with van der Waals surface area (Å²) in [5.41, 5.74) is 0. The summed E-state index contributed by atoms with van der Waals surface area (Å²) in [7, 11) is 0. The van der Waals surface area contributed by atoms with Crippen LogP contribution in [0.1, 0.15) is 6.42 Å². The maximum absolute atomic E-state index is 10.6. The average Bonchev–Trinajstić information content (AvgIpc) is 2.62. The van der Waals surface area contributed by atoms with Crippen molar-refractivity contribution >= 4 is 14.4 Å². The zero-order chi connectivity index (χ0) is 9.03. The first-order chi connectivity index (χ1) is 5.79. The first-order valence-corrected chi connectivity index (χ1v) is 7.42. The first kappa shape index (κ1) is 9.23. The molecule has 0 spiro atoms. The molecule has 0 amide bonds. The van der Waals surface area contributed by atoms with E-state index in [4.69, 9.17) is 0 Å². The molecule has 0 saturated heterocycles. The van der Waals surface area contributed by atoms with E-state index in [0.29, 0.717) is 20.8 Å². The average molecular weight is 250 g/mol. The molecule has 0 bridgehead atoms. The van der Waals surface area contributed by atoms with E-state index in [1.807, 2.05) is 6.08 Å². The second-order valence-electron chi connectivity index (χ2n) is 2.22. The Bertz CT molecular complexity index is 256. The van der Waals surface area contributed by atoms with Crippen molar-refractivity contribution in [1.82, 2.24) is 0 Å². The van der Waals surface area contributed by atoms with Gasteiger partial charge in [0.2, 0.25) is 0 Å². The van der Waals surface area contributed by atoms with Crippen LogP contribution in [-0.4, -0.2) is 14.4 Å². The number of allylic oxidation sites excluding steroid dienone is 4. The van der Waals surface area contributed by atoms with Crippen molar-refractivity contribution in [2.45, 2.75) is 6.42 Å². The molecule has 3 nitrogen and oxygen atoms in total. The SMILES string of the molecule is O=[CH][Tc]([CH]=O)([CH]=O)[C]1=CC=CC1. The van der Waals surface area contributed by atoms with Gasteiger partial charge in [-0.25, -0.2) is 0 Å². The van der Waals surface area contributed by atoms with E-state index in [0.717, 1.165) is 4.09 Å². The van der Waals surface area contributed by atoms with Gasteiger partial charge in [-0.2, -0.15) is 0 Å². The van der Waals surface area contributed by atoms with Gasteiger partial charge in [-0.05, 0) is 0 Å². The van der Waals surface area contributed by atoms with Gasteiger partial charge in [-0.1, -0.05) is 0 Å². The van der Waals surface area contributed by atoms with Crippen LogP contribution in [0.3, 0.4) is 0 Å². The molecule has 0 atom stereocenters. The third kappa shape index (κ3) is 1.35. The van der Waals surface area contributed by atoms with Crippen molar-refractivity contribution in [2.24, 2.45) is 0 Å². The van der Waals surface area contributed by atoms with Gasteiger partial charge in [0.25, 0.3) is 0 Å². The number of carbonyl (C=O) groups is 3. The van der Waals surface area contributed by atoms with Gasteiger partial charge in [-0.15, -0.1) is 0 Å². The molecular formula is C8H8O3Tc. The van der Waals surface area contributed by atoms with E-state index in [1.165, 1.54) is 0 Å². The summed E-state index contributed by atoms with van der Waals surface area (Å²) in [4.78, 5) is 33.6. The Labute approximate surface area is 73.1 Å². The predicted octanol–water partition coefficient (Wildman–Crippen LogP) is 0.555. The van der Waals surface area contributed by atoms with E-state index in [9.17, 15) is 14.4 Å². The minimum atomic E-state index is -3.47. The van der Waals surface area contributed by atoms with Crippen LogP contribution in [0.2, 0.25) is 0 Å². The molecule has 0 aromatic heterocycles. The summed E-state index contributed by atoms with van der Waals surface area (Å²) in [6.07, 6.45) is 5.88. The Kier molecular flexibility index (Phi) is 2.84. The number of hydrogen-bond donors (Lipinski definition) is 0. The molecule has 0 saturated carbocycles. The van der Waals surface area contributed by atoms with Gasteiger partial charge in [0, 0.05) is 0 Å². The minimum absolute atomic E-state index is 0.561.